The Labute approximate surface area is 444 Å². The zero-order valence-electron chi connectivity index (χ0n) is 41.1. The van der Waals surface area contributed by atoms with Crippen molar-refractivity contribution in [1.29, 1.82) is 10.5 Å². The highest BCUT2D eigenvalue weighted by molar-refractivity contribution is 7.95. The molecule has 11 aromatic rings. The number of nitrogens with zero attached hydrogens (tertiary/aromatic N) is 8. The van der Waals surface area contributed by atoms with Crippen molar-refractivity contribution in [2.75, 3.05) is 4.90 Å². The molecule has 0 bridgehead atoms. The number of anilines is 2. The highest BCUT2D eigenvalue weighted by Gasteiger charge is 2.50. The topological polar surface area (TPSA) is 133 Å². The van der Waals surface area contributed by atoms with Gasteiger partial charge in [0.25, 0.3) is 0 Å². The Kier molecular flexibility index (Phi) is 10.6. The van der Waals surface area contributed by atoms with Gasteiger partial charge in [-0.15, -0.1) is 0 Å². The Morgan fingerprint density at radius 3 is 1.78 bits per heavy atom. The van der Waals surface area contributed by atoms with Gasteiger partial charge in [-0.05, 0) is 96.9 Å². The molecule has 2 atom stereocenters. The number of hydrogen-bond donors (Lipinski definition) is 0. The van der Waals surface area contributed by atoms with E-state index in [1.165, 1.54) is 23.8 Å². The zero-order chi connectivity index (χ0) is 51.8. The van der Waals surface area contributed by atoms with Crippen LogP contribution in [0.1, 0.15) is 46.3 Å². The van der Waals surface area contributed by atoms with E-state index < -0.39 is 9.84 Å². The molecule has 77 heavy (non-hydrogen) atoms. The van der Waals surface area contributed by atoms with Crippen LogP contribution in [-0.4, -0.2) is 32.5 Å². The summed E-state index contributed by atoms with van der Waals surface area (Å²) in [4.78, 5) is 17.5. The molecule has 0 saturated heterocycles. The molecule has 14 rings (SSSR count). The van der Waals surface area contributed by atoms with Crippen LogP contribution in [0.25, 0.3) is 78.6 Å². The molecule has 2 aliphatic carbocycles. The van der Waals surface area contributed by atoms with Crippen molar-refractivity contribution in [2.45, 2.75) is 23.3 Å². The van der Waals surface area contributed by atoms with Crippen LogP contribution >= 0.6 is 0 Å². The highest BCUT2D eigenvalue weighted by atomic mass is 32.2. The van der Waals surface area contributed by atoms with Crippen molar-refractivity contribution in [2.24, 2.45) is 0 Å². The molecule has 2 unspecified atom stereocenters. The van der Waals surface area contributed by atoms with E-state index in [2.05, 4.69) is 141 Å². The SMILES string of the molecule is N#Cc1ccc(S(=O)(=O)C2=CCC=C(n3c4c(c5ccccc53)-c3c(c5ccccc5n3-c3ccccc3)C3C4c4ccccc4N3c3ccc(-c4nc(-c5ccccc5)nc(-c5ccccc5)n4)cc3)C=C2)c(C#N)c1. The Bertz CT molecular complexity index is 4470. The van der Waals surface area contributed by atoms with Gasteiger partial charge < -0.3 is 14.0 Å². The molecular weight excluding hydrogens is 969 g/mol. The molecule has 364 valence electrons. The summed E-state index contributed by atoms with van der Waals surface area (Å²) >= 11 is 0. The maximum atomic E-state index is 14.5. The summed E-state index contributed by atoms with van der Waals surface area (Å²) in [7, 11) is -4.16. The molecule has 11 heteroatoms. The molecule has 8 aromatic carbocycles. The van der Waals surface area contributed by atoms with Gasteiger partial charge in [0.15, 0.2) is 17.5 Å². The molecular formula is C66H42N8O2S. The maximum absolute atomic E-state index is 14.5. The van der Waals surface area contributed by atoms with E-state index in [0.29, 0.717) is 23.9 Å². The normalized spacial score (nSPS) is 15.4. The third kappa shape index (κ3) is 7.21. The molecule has 0 spiro atoms. The lowest BCUT2D eigenvalue weighted by Crippen LogP contribution is -2.27. The predicted octanol–water partition coefficient (Wildman–Crippen LogP) is 14.7. The first-order valence-corrected chi connectivity index (χ1v) is 26.8. The number of sulfone groups is 1. The molecule has 3 aromatic heterocycles. The van der Waals surface area contributed by atoms with E-state index in [9.17, 15) is 18.9 Å². The summed E-state index contributed by atoms with van der Waals surface area (Å²) < 4.78 is 33.7. The number of benzene rings is 8. The van der Waals surface area contributed by atoms with Crippen molar-refractivity contribution in [3.05, 3.63) is 263 Å². The van der Waals surface area contributed by atoms with Crippen LogP contribution in [0.4, 0.5) is 11.4 Å². The first kappa shape index (κ1) is 45.4. The van der Waals surface area contributed by atoms with Crippen molar-refractivity contribution in [3.8, 4) is 63.2 Å². The Balaban J connectivity index is 0.974. The van der Waals surface area contributed by atoms with E-state index in [-0.39, 0.29) is 32.9 Å². The standard InChI is InChI=1S/C66H42N8O2S/c67-40-42-31-38-57(46(39-42)41-68)77(75,76)50-24-16-23-48(36-37-50)73-55-29-14-11-26-52(55)58-61-59(51-25-10-13-28-54(51)72(61)47-21-8-3-9-22-47)63-60(62(58)73)53-27-12-15-30-56(53)74(63)49-34-32-45(33-35-49)66-70-64(43-17-4-1-5-18-43)69-65(71-66)44-19-6-2-7-20-44/h1-15,17-39,60,63H,16H2. The van der Waals surface area contributed by atoms with E-state index in [1.807, 2.05) is 84.9 Å². The van der Waals surface area contributed by atoms with Gasteiger partial charge in [0, 0.05) is 67.0 Å². The zero-order valence-corrected chi connectivity index (χ0v) is 41.9. The molecule has 0 fully saturated rings. The van der Waals surface area contributed by atoms with Crippen LogP contribution in [0.3, 0.4) is 0 Å². The second-order valence-corrected chi connectivity index (χ2v) is 21.2. The van der Waals surface area contributed by atoms with Crippen molar-refractivity contribution >= 4 is 48.7 Å². The average molecular weight is 1010 g/mol. The third-order valence-electron chi connectivity index (χ3n) is 15.0. The van der Waals surface area contributed by atoms with Gasteiger partial charge in [0.2, 0.25) is 9.84 Å². The van der Waals surface area contributed by atoms with Gasteiger partial charge in [-0.2, -0.15) is 10.5 Å². The van der Waals surface area contributed by atoms with E-state index in [4.69, 9.17) is 15.0 Å². The van der Waals surface area contributed by atoms with Gasteiger partial charge in [-0.25, -0.2) is 23.4 Å². The fourth-order valence-corrected chi connectivity index (χ4v) is 13.2. The van der Waals surface area contributed by atoms with Gasteiger partial charge in [-0.1, -0.05) is 146 Å². The maximum Gasteiger partial charge on any atom is 0.207 e. The monoisotopic (exact) mass is 1010 g/mol. The van der Waals surface area contributed by atoms with Gasteiger partial charge >= 0.3 is 0 Å². The summed E-state index contributed by atoms with van der Waals surface area (Å²) in [5.74, 6) is 1.54. The van der Waals surface area contributed by atoms with Gasteiger partial charge in [0.05, 0.1) is 55.7 Å². The summed E-state index contributed by atoms with van der Waals surface area (Å²) in [6, 6.07) is 73.0. The lowest BCUT2D eigenvalue weighted by atomic mass is 9.78. The molecule has 0 amide bonds. The minimum atomic E-state index is -4.16. The van der Waals surface area contributed by atoms with Gasteiger partial charge in [0.1, 0.15) is 6.07 Å². The van der Waals surface area contributed by atoms with Crippen LogP contribution in [-0.2, 0) is 9.84 Å². The molecule has 4 heterocycles. The Morgan fingerprint density at radius 1 is 0.532 bits per heavy atom. The van der Waals surface area contributed by atoms with Crippen LogP contribution in [0.5, 0.6) is 0 Å². The number of rotatable bonds is 8. The summed E-state index contributed by atoms with van der Waals surface area (Å²) in [6.07, 6.45) is 7.62. The summed E-state index contributed by atoms with van der Waals surface area (Å²) in [5.41, 5.74) is 14.5. The smallest absolute Gasteiger partial charge is 0.207 e. The fraction of sp³-hybridized carbons (Fsp3) is 0.0455. The lowest BCUT2D eigenvalue weighted by Gasteiger charge is -2.36. The molecule has 1 aliphatic heterocycles. The predicted molar refractivity (Wildman–Crippen MR) is 303 cm³/mol. The van der Waals surface area contributed by atoms with Crippen molar-refractivity contribution < 1.29 is 8.42 Å². The molecule has 0 radical (unpaired) electrons. The number of allylic oxidation sites excluding steroid dienone is 5. The van der Waals surface area contributed by atoms with Crippen molar-refractivity contribution in [1.82, 2.24) is 24.1 Å². The molecule has 0 saturated carbocycles. The number of para-hydroxylation sites is 4. The number of fused-ring (bicyclic) bond motifs is 12. The molecule has 3 aliphatic rings. The van der Waals surface area contributed by atoms with Crippen LogP contribution in [0.2, 0.25) is 0 Å². The van der Waals surface area contributed by atoms with Crippen LogP contribution in [0.15, 0.2) is 240 Å². The van der Waals surface area contributed by atoms with Crippen molar-refractivity contribution in [3.63, 3.8) is 0 Å². The largest absolute Gasteiger partial charge is 0.333 e. The first-order chi connectivity index (χ1) is 37.9. The highest BCUT2D eigenvalue weighted by Crippen LogP contribution is 2.64. The average Bonchev–Trinajstić information content (AvgIpc) is 4.06. The Morgan fingerprint density at radius 2 is 1.12 bits per heavy atom. The summed E-state index contributed by atoms with van der Waals surface area (Å²) in [6.45, 7) is 0. The first-order valence-electron chi connectivity index (χ1n) is 25.4. The lowest BCUT2D eigenvalue weighted by molar-refractivity contribution is 0.602. The number of nitriles is 2. The quantitative estimate of drug-likeness (QED) is 0.147. The van der Waals surface area contributed by atoms with Gasteiger partial charge in [-0.3, -0.25) is 0 Å². The minimum absolute atomic E-state index is 0.0731. The van der Waals surface area contributed by atoms with E-state index in [1.54, 1.807) is 12.2 Å². The second-order valence-electron chi connectivity index (χ2n) is 19.2. The third-order valence-corrected chi connectivity index (χ3v) is 16.9. The Hall–Kier alpha value is -10.2. The summed E-state index contributed by atoms with van der Waals surface area (Å²) in [5, 5.41) is 21.8. The molecule has 10 nitrogen and oxygen atoms in total. The minimum Gasteiger partial charge on any atom is -0.333 e. The van der Waals surface area contributed by atoms with Crippen LogP contribution < -0.4 is 4.90 Å². The fourth-order valence-electron chi connectivity index (χ4n) is 11.8. The number of aromatic nitrogens is 5. The number of hydrogen-bond acceptors (Lipinski definition) is 8. The van der Waals surface area contributed by atoms with E-state index >= 15 is 0 Å². The van der Waals surface area contributed by atoms with Crippen LogP contribution in [0, 0.1) is 22.7 Å². The second kappa shape index (κ2) is 18.0. The molecule has 0 N–H and O–H groups in total. The van der Waals surface area contributed by atoms with E-state index in [0.717, 1.165) is 83.8 Å².